The van der Waals surface area contributed by atoms with Gasteiger partial charge in [0.15, 0.2) is 0 Å². The molecule has 0 bridgehead atoms. The Kier molecular flexibility index (Phi) is 7.98. The molecule has 106 valence electrons. The summed E-state index contributed by atoms with van der Waals surface area (Å²) in [4.78, 5) is 12.0. The fraction of sp³-hybridized carbons (Fsp3) is 0.500. The molecule has 0 fully saturated rings. The summed E-state index contributed by atoms with van der Waals surface area (Å²) in [6, 6.07) is 7.54. The maximum absolute atomic E-state index is 12.0. The summed E-state index contributed by atoms with van der Waals surface area (Å²) in [6.07, 6.45) is 3.03. The zero-order chi connectivity index (χ0) is 14.1. The van der Waals surface area contributed by atoms with Crippen LogP contribution < -0.4 is 0 Å². The van der Waals surface area contributed by atoms with Crippen LogP contribution in [0.2, 0.25) is 0 Å². The van der Waals surface area contributed by atoms with Crippen LogP contribution in [-0.4, -0.2) is 22.5 Å². The van der Waals surface area contributed by atoms with Gasteiger partial charge in [-0.1, -0.05) is 22.4 Å². The first-order chi connectivity index (χ1) is 9.13. The molecule has 1 aromatic rings. The molecule has 0 aliphatic heterocycles. The lowest BCUT2D eigenvalue weighted by Crippen LogP contribution is -2.04. The molecule has 0 heterocycles. The summed E-state index contributed by atoms with van der Waals surface area (Å²) in [6.45, 7) is 2.24. The summed E-state index contributed by atoms with van der Waals surface area (Å²) in [5.41, 5.74) is 0. The van der Waals surface area contributed by atoms with Crippen molar-refractivity contribution in [1.29, 1.82) is 0 Å². The second-order valence-corrected chi connectivity index (χ2v) is 6.61. The molecule has 19 heavy (non-hydrogen) atoms. The van der Waals surface area contributed by atoms with Crippen molar-refractivity contribution in [2.45, 2.75) is 37.5 Å². The normalized spacial score (nSPS) is 12.1. The van der Waals surface area contributed by atoms with Gasteiger partial charge in [-0.2, -0.15) is 0 Å². The van der Waals surface area contributed by atoms with Gasteiger partial charge < -0.3 is 4.74 Å². The number of rotatable bonds is 8. The first-order valence-electron chi connectivity index (χ1n) is 6.43. The fourth-order valence-corrected chi connectivity index (χ4v) is 3.02. The van der Waals surface area contributed by atoms with E-state index in [2.05, 4.69) is 15.9 Å². The molecule has 0 aliphatic carbocycles. The van der Waals surface area contributed by atoms with Crippen LogP contribution in [0.15, 0.2) is 33.6 Å². The largest absolute Gasteiger partial charge is 0.466 e. The predicted octanol–water partition coefficient (Wildman–Crippen LogP) is 3.68. The van der Waals surface area contributed by atoms with Gasteiger partial charge in [-0.15, -0.1) is 0 Å². The number of esters is 1. The quantitative estimate of drug-likeness (QED) is 0.532. The summed E-state index contributed by atoms with van der Waals surface area (Å²) < 4.78 is 17.8. The minimum Gasteiger partial charge on any atom is -0.466 e. The molecule has 5 heteroatoms. The second-order valence-electron chi connectivity index (χ2n) is 4.12. The molecule has 0 aliphatic rings. The number of carbonyl (C=O) groups is 1. The van der Waals surface area contributed by atoms with E-state index in [-0.39, 0.29) is 5.97 Å². The van der Waals surface area contributed by atoms with E-state index in [1.165, 1.54) is 0 Å². The molecule has 1 aromatic carbocycles. The third-order valence-electron chi connectivity index (χ3n) is 2.59. The van der Waals surface area contributed by atoms with Crippen molar-refractivity contribution in [2.75, 3.05) is 12.4 Å². The molecular formula is C14H19BrO3S. The van der Waals surface area contributed by atoms with Gasteiger partial charge in [0.05, 0.1) is 17.4 Å². The molecule has 0 spiro atoms. The van der Waals surface area contributed by atoms with Crippen molar-refractivity contribution in [3.8, 4) is 0 Å². The molecule has 1 atom stereocenters. The van der Waals surface area contributed by atoms with Crippen LogP contribution >= 0.6 is 15.9 Å². The third kappa shape index (κ3) is 6.87. The SMILES string of the molecule is CCOC(=O)CCCCCS(=O)c1ccc(Br)cc1. The molecule has 1 rings (SSSR count). The van der Waals surface area contributed by atoms with Crippen molar-refractivity contribution < 1.29 is 13.7 Å². The second kappa shape index (κ2) is 9.26. The van der Waals surface area contributed by atoms with Gasteiger partial charge in [0, 0.05) is 21.5 Å². The first-order valence-corrected chi connectivity index (χ1v) is 8.54. The zero-order valence-corrected chi connectivity index (χ0v) is 13.5. The smallest absolute Gasteiger partial charge is 0.305 e. The Morgan fingerprint density at radius 2 is 1.89 bits per heavy atom. The average Bonchev–Trinajstić information content (AvgIpc) is 2.39. The minimum atomic E-state index is -0.946. The van der Waals surface area contributed by atoms with E-state index in [9.17, 15) is 9.00 Å². The van der Waals surface area contributed by atoms with Crippen LogP contribution in [0, 0.1) is 0 Å². The monoisotopic (exact) mass is 346 g/mol. The van der Waals surface area contributed by atoms with Gasteiger partial charge in [-0.25, -0.2) is 0 Å². The standard InChI is InChI=1S/C14H19BrO3S/c1-2-18-14(16)6-4-3-5-11-19(17)13-9-7-12(15)8-10-13/h7-10H,2-6,11H2,1H3. The topological polar surface area (TPSA) is 43.4 Å². The number of hydrogen-bond donors (Lipinski definition) is 0. The van der Waals surface area contributed by atoms with Crippen molar-refractivity contribution in [3.63, 3.8) is 0 Å². The van der Waals surface area contributed by atoms with Gasteiger partial charge >= 0.3 is 5.97 Å². The van der Waals surface area contributed by atoms with Gasteiger partial charge in [0.2, 0.25) is 0 Å². The summed E-state index contributed by atoms with van der Waals surface area (Å²) in [5.74, 6) is 0.501. The van der Waals surface area contributed by atoms with Gasteiger partial charge in [-0.3, -0.25) is 9.00 Å². The zero-order valence-electron chi connectivity index (χ0n) is 11.1. The average molecular weight is 347 g/mol. The lowest BCUT2D eigenvalue weighted by molar-refractivity contribution is -0.143. The number of carbonyl (C=O) groups excluding carboxylic acids is 1. The van der Waals surface area contributed by atoms with Crippen LogP contribution in [0.5, 0.6) is 0 Å². The van der Waals surface area contributed by atoms with Crippen molar-refractivity contribution in [3.05, 3.63) is 28.7 Å². The Balaban J connectivity index is 2.17. The molecule has 0 N–H and O–H groups in total. The minimum absolute atomic E-state index is 0.142. The Hall–Kier alpha value is -0.680. The number of ether oxygens (including phenoxy) is 1. The van der Waals surface area contributed by atoms with Crippen molar-refractivity contribution in [1.82, 2.24) is 0 Å². The van der Waals surface area contributed by atoms with Gasteiger partial charge in [0.1, 0.15) is 0 Å². The molecule has 3 nitrogen and oxygen atoms in total. The van der Waals surface area contributed by atoms with Crippen molar-refractivity contribution >= 4 is 32.7 Å². The van der Waals surface area contributed by atoms with E-state index in [0.717, 1.165) is 28.6 Å². The summed E-state index contributed by atoms with van der Waals surface area (Å²) in [7, 11) is -0.946. The summed E-state index contributed by atoms with van der Waals surface area (Å²) in [5, 5.41) is 0. The molecule has 0 aromatic heterocycles. The van der Waals surface area contributed by atoms with Crippen LogP contribution in [0.3, 0.4) is 0 Å². The fourth-order valence-electron chi connectivity index (χ4n) is 1.62. The Labute approximate surface area is 125 Å². The Bertz CT molecular complexity index is 417. The molecule has 0 saturated carbocycles. The maximum Gasteiger partial charge on any atom is 0.305 e. The van der Waals surface area contributed by atoms with E-state index in [0.29, 0.717) is 18.8 Å². The lowest BCUT2D eigenvalue weighted by Gasteiger charge is -2.03. The van der Waals surface area contributed by atoms with E-state index in [1.54, 1.807) is 6.92 Å². The van der Waals surface area contributed by atoms with Crippen LogP contribution in [0.25, 0.3) is 0 Å². The molecule has 0 radical (unpaired) electrons. The lowest BCUT2D eigenvalue weighted by atomic mass is 10.2. The highest BCUT2D eigenvalue weighted by Crippen LogP contribution is 2.14. The van der Waals surface area contributed by atoms with Gasteiger partial charge in [0.25, 0.3) is 0 Å². The highest BCUT2D eigenvalue weighted by molar-refractivity contribution is 9.10. The number of hydrogen-bond acceptors (Lipinski definition) is 3. The highest BCUT2D eigenvalue weighted by atomic mass is 79.9. The van der Waals surface area contributed by atoms with Crippen LogP contribution in [0.1, 0.15) is 32.6 Å². The van der Waals surface area contributed by atoms with Crippen LogP contribution in [-0.2, 0) is 20.3 Å². The van der Waals surface area contributed by atoms with E-state index in [4.69, 9.17) is 4.74 Å². The summed E-state index contributed by atoms with van der Waals surface area (Å²) >= 11 is 3.35. The Morgan fingerprint density at radius 1 is 1.21 bits per heavy atom. The van der Waals surface area contributed by atoms with E-state index in [1.807, 2.05) is 24.3 Å². The molecule has 0 amide bonds. The molecular weight excluding hydrogens is 328 g/mol. The molecule has 1 unspecified atom stereocenters. The molecule has 0 saturated heterocycles. The Morgan fingerprint density at radius 3 is 2.53 bits per heavy atom. The number of halogens is 1. The van der Waals surface area contributed by atoms with Crippen molar-refractivity contribution in [2.24, 2.45) is 0 Å². The number of benzene rings is 1. The van der Waals surface area contributed by atoms with Gasteiger partial charge in [-0.05, 0) is 44.0 Å². The van der Waals surface area contributed by atoms with E-state index < -0.39 is 10.8 Å². The van der Waals surface area contributed by atoms with E-state index >= 15 is 0 Å². The first kappa shape index (κ1) is 16.4. The number of unbranched alkanes of at least 4 members (excludes halogenated alkanes) is 2. The third-order valence-corrected chi connectivity index (χ3v) is 4.58. The predicted molar refractivity (Wildman–Crippen MR) is 80.5 cm³/mol. The highest BCUT2D eigenvalue weighted by Gasteiger charge is 2.05. The van der Waals surface area contributed by atoms with Crippen LogP contribution in [0.4, 0.5) is 0 Å². The maximum atomic E-state index is 12.0.